The lowest BCUT2D eigenvalue weighted by molar-refractivity contribution is 0.376. The van der Waals surface area contributed by atoms with Crippen LogP contribution in [0.3, 0.4) is 0 Å². The van der Waals surface area contributed by atoms with Crippen LogP contribution in [0.15, 0.2) is 0 Å². The summed E-state index contributed by atoms with van der Waals surface area (Å²) in [6.07, 6.45) is 9.71. The van der Waals surface area contributed by atoms with Gasteiger partial charge in [0.1, 0.15) is 0 Å². The maximum absolute atomic E-state index is 5.95. The molecule has 0 bridgehead atoms. The summed E-state index contributed by atoms with van der Waals surface area (Å²) in [5.41, 5.74) is 0. The molecule has 2 rings (SSSR count). The first-order chi connectivity index (χ1) is 6.40. The Morgan fingerprint density at radius 1 is 1.00 bits per heavy atom. The molecule has 0 aromatic heterocycles. The number of alkyl halides is 1. The van der Waals surface area contributed by atoms with Gasteiger partial charge in [0, 0.05) is 18.0 Å². The largest absolute Gasteiger partial charge is 0.311 e. The predicted molar refractivity (Wildman–Crippen MR) is 57.2 cm³/mol. The standard InChI is InChI=1S/C11H20ClN/c12-8-9-4-3-7-11(9)13-10-5-1-2-6-10/h9-11,13H,1-8H2. The van der Waals surface area contributed by atoms with Crippen LogP contribution >= 0.6 is 11.6 Å². The van der Waals surface area contributed by atoms with Gasteiger partial charge < -0.3 is 5.32 Å². The Labute approximate surface area is 86.2 Å². The Hall–Kier alpha value is 0.250. The van der Waals surface area contributed by atoms with Gasteiger partial charge in [-0.05, 0) is 31.6 Å². The van der Waals surface area contributed by atoms with Crippen molar-refractivity contribution >= 4 is 11.6 Å². The number of nitrogens with one attached hydrogen (secondary N) is 1. The summed E-state index contributed by atoms with van der Waals surface area (Å²) in [7, 11) is 0. The van der Waals surface area contributed by atoms with Gasteiger partial charge >= 0.3 is 0 Å². The van der Waals surface area contributed by atoms with E-state index in [2.05, 4.69) is 5.32 Å². The van der Waals surface area contributed by atoms with Gasteiger partial charge in [-0.1, -0.05) is 19.3 Å². The second kappa shape index (κ2) is 4.65. The molecule has 2 aliphatic rings. The Morgan fingerprint density at radius 2 is 1.77 bits per heavy atom. The van der Waals surface area contributed by atoms with Crippen LogP contribution in [0.25, 0.3) is 0 Å². The zero-order chi connectivity index (χ0) is 9.10. The molecule has 2 heteroatoms. The summed E-state index contributed by atoms with van der Waals surface area (Å²) in [4.78, 5) is 0. The molecule has 0 radical (unpaired) electrons. The van der Waals surface area contributed by atoms with E-state index in [0.717, 1.165) is 23.9 Å². The SMILES string of the molecule is ClCC1CCCC1NC1CCCC1. The fourth-order valence-electron chi connectivity index (χ4n) is 2.84. The zero-order valence-corrected chi connectivity index (χ0v) is 9.02. The summed E-state index contributed by atoms with van der Waals surface area (Å²) < 4.78 is 0. The summed E-state index contributed by atoms with van der Waals surface area (Å²) >= 11 is 5.95. The Balaban J connectivity index is 1.79. The number of rotatable bonds is 3. The van der Waals surface area contributed by atoms with Gasteiger partial charge in [-0.25, -0.2) is 0 Å². The third kappa shape index (κ3) is 2.38. The van der Waals surface area contributed by atoms with Gasteiger partial charge in [-0.2, -0.15) is 0 Å². The van der Waals surface area contributed by atoms with Crippen molar-refractivity contribution in [1.29, 1.82) is 0 Å². The van der Waals surface area contributed by atoms with E-state index in [1.165, 1.54) is 44.9 Å². The molecule has 0 aromatic rings. The quantitative estimate of drug-likeness (QED) is 0.693. The third-order valence-electron chi connectivity index (χ3n) is 3.66. The normalized spacial score (nSPS) is 35.8. The maximum atomic E-state index is 5.95. The highest BCUT2D eigenvalue weighted by Crippen LogP contribution is 2.29. The Morgan fingerprint density at radius 3 is 2.46 bits per heavy atom. The summed E-state index contributed by atoms with van der Waals surface area (Å²) in [6.45, 7) is 0. The molecule has 0 amide bonds. The number of hydrogen-bond acceptors (Lipinski definition) is 1. The highest BCUT2D eigenvalue weighted by Gasteiger charge is 2.28. The lowest BCUT2D eigenvalue weighted by atomic mass is 10.0. The molecule has 13 heavy (non-hydrogen) atoms. The molecular weight excluding hydrogens is 182 g/mol. The smallest absolute Gasteiger partial charge is 0.0266 e. The highest BCUT2D eigenvalue weighted by atomic mass is 35.5. The maximum Gasteiger partial charge on any atom is 0.0266 e. The van der Waals surface area contributed by atoms with Gasteiger partial charge in [-0.3, -0.25) is 0 Å². The monoisotopic (exact) mass is 201 g/mol. The molecule has 0 aliphatic heterocycles. The topological polar surface area (TPSA) is 12.0 Å². The lowest BCUT2D eigenvalue weighted by Crippen LogP contribution is -2.39. The van der Waals surface area contributed by atoms with Crippen LogP contribution in [0, 0.1) is 5.92 Å². The Bertz CT molecular complexity index is 154. The minimum atomic E-state index is 0.737. The van der Waals surface area contributed by atoms with E-state index >= 15 is 0 Å². The molecule has 0 saturated heterocycles. The van der Waals surface area contributed by atoms with Crippen LogP contribution in [-0.2, 0) is 0 Å². The van der Waals surface area contributed by atoms with E-state index in [0.29, 0.717) is 0 Å². The fourth-order valence-corrected chi connectivity index (χ4v) is 3.21. The van der Waals surface area contributed by atoms with Gasteiger partial charge in [0.2, 0.25) is 0 Å². The first-order valence-electron chi connectivity index (χ1n) is 5.72. The van der Waals surface area contributed by atoms with Gasteiger partial charge in [0.05, 0.1) is 0 Å². The molecule has 0 heterocycles. The lowest BCUT2D eigenvalue weighted by Gasteiger charge is -2.23. The first-order valence-corrected chi connectivity index (χ1v) is 6.25. The third-order valence-corrected chi connectivity index (χ3v) is 4.06. The molecule has 0 spiro atoms. The minimum Gasteiger partial charge on any atom is -0.311 e. The summed E-state index contributed by atoms with van der Waals surface area (Å²) in [5, 5.41) is 3.79. The van der Waals surface area contributed by atoms with Crippen LogP contribution in [0.1, 0.15) is 44.9 Å². The first kappa shape index (κ1) is 9.79. The van der Waals surface area contributed by atoms with Crippen LogP contribution in [0.4, 0.5) is 0 Å². The van der Waals surface area contributed by atoms with Crippen LogP contribution in [-0.4, -0.2) is 18.0 Å². The van der Waals surface area contributed by atoms with Crippen molar-refractivity contribution in [2.45, 2.75) is 57.0 Å². The number of halogens is 1. The van der Waals surface area contributed by atoms with Crippen LogP contribution < -0.4 is 5.32 Å². The molecule has 0 aromatic carbocycles. The molecule has 2 saturated carbocycles. The fraction of sp³-hybridized carbons (Fsp3) is 1.00. The molecule has 2 atom stereocenters. The van der Waals surface area contributed by atoms with Crippen molar-refractivity contribution in [2.75, 3.05) is 5.88 Å². The van der Waals surface area contributed by atoms with E-state index in [-0.39, 0.29) is 0 Å². The summed E-state index contributed by atoms with van der Waals surface area (Å²) in [5.74, 6) is 1.60. The zero-order valence-electron chi connectivity index (χ0n) is 8.27. The van der Waals surface area contributed by atoms with E-state index in [1.807, 2.05) is 0 Å². The van der Waals surface area contributed by atoms with Gasteiger partial charge in [0.25, 0.3) is 0 Å². The molecule has 2 unspecified atom stereocenters. The second-order valence-electron chi connectivity index (χ2n) is 4.60. The second-order valence-corrected chi connectivity index (χ2v) is 4.91. The molecule has 1 nitrogen and oxygen atoms in total. The van der Waals surface area contributed by atoms with E-state index in [9.17, 15) is 0 Å². The highest BCUT2D eigenvalue weighted by molar-refractivity contribution is 6.18. The average Bonchev–Trinajstić information content (AvgIpc) is 2.76. The molecular formula is C11H20ClN. The van der Waals surface area contributed by atoms with Gasteiger partial charge in [-0.15, -0.1) is 11.6 Å². The van der Waals surface area contributed by atoms with E-state index in [4.69, 9.17) is 11.6 Å². The molecule has 2 fully saturated rings. The van der Waals surface area contributed by atoms with E-state index in [1.54, 1.807) is 0 Å². The van der Waals surface area contributed by atoms with Crippen molar-refractivity contribution < 1.29 is 0 Å². The van der Waals surface area contributed by atoms with Crippen LogP contribution in [0.5, 0.6) is 0 Å². The minimum absolute atomic E-state index is 0.737. The van der Waals surface area contributed by atoms with Crippen molar-refractivity contribution in [1.82, 2.24) is 5.32 Å². The van der Waals surface area contributed by atoms with E-state index < -0.39 is 0 Å². The molecule has 76 valence electrons. The van der Waals surface area contributed by atoms with Crippen molar-refractivity contribution in [3.05, 3.63) is 0 Å². The summed E-state index contributed by atoms with van der Waals surface area (Å²) in [6, 6.07) is 1.55. The Kier molecular flexibility index (Phi) is 3.51. The van der Waals surface area contributed by atoms with Crippen molar-refractivity contribution in [3.8, 4) is 0 Å². The van der Waals surface area contributed by atoms with Crippen LogP contribution in [0.2, 0.25) is 0 Å². The number of hydrogen-bond donors (Lipinski definition) is 1. The molecule has 2 aliphatic carbocycles. The molecule has 1 N–H and O–H groups in total. The van der Waals surface area contributed by atoms with Gasteiger partial charge in [0.15, 0.2) is 0 Å². The van der Waals surface area contributed by atoms with Crippen molar-refractivity contribution in [2.24, 2.45) is 5.92 Å². The average molecular weight is 202 g/mol. The van der Waals surface area contributed by atoms with Crippen molar-refractivity contribution in [3.63, 3.8) is 0 Å². The predicted octanol–water partition coefficient (Wildman–Crippen LogP) is 2.93.